The Labute approximate surface area is 107 Å². The van der Waals surface area contributed by atoms with Gasteiger partial charge in [-0.1, -0.05) is 11.2 Å². The number of nitrogens with zero attached hydrogens (tertiary/aromatic N) is 2. The third-order valence-electron chi connectivity index (χ3n) is 3.20. The Hall–Kier alpha value is -2.04. The van der Waals surface area contributed by atoms with Crippen molar-refractivity contribution < 1.29 is 10.0 Å². The normalized spacial score (nSPS) is 13.2. The SMILES string of the molecule is Cc1ccc(C(=O)N(C)C(C)C(N)=NO)cc1C. The van der Waals surface area contributed by atoms with Crippen molar-refractivity contribution in [2.45, 2.75) is 26.8 Å². The van der Waals surface area contributed by atoms with Gasteiger partial charge >= 0.3 is 0 Å². The van der Waals surface area contributed by atoms with Gasteiger partial charge in [0.1, 0.15) is 0 Å². The zero-order chi connectivity index (χ0) is 13.9. The molecular formula is C13H19N3O2. The molecule has 0 heterocycles. The largest absolute Gasteiger partial charge is 0.409 e. The van der Waals surface area contributed by atoms with Crippen molar-refractivity contribution in [3.05, 3.63) is 34.9 Å². The van der Waals surface area contributed by atoms with E-state index in [9.17, 15) is 4.79 Å². The summed E-state index contributed by atoms with van der Waals surface area (Å²) in [6.07, 6.45) is 0. The van der Waals surface area contributed by atoms with Crippen molar-refractivity contribution in [2.24, 2.45) is 10.9 Å². The summed E-state index contributed by atoms with van der Waals surface area (Å²) in [6.45, 7) is 5.65. The Morgan fingerprint density at radius 3 is 2.50 bits per heavy atom. The van der Waals surface area contributed by atoms with Gasteiger partial charge in [0.05, 0.1) is 6.04 Å². The van der Waals surface area contributed by atoms with E-state index in [0.717, 1.165) is 11.1 Å². The molecule has 5 heteroatoms. The maximum atomic E-state index is 12.2. The van der Waals surface area contributed by atoms with E-state index in [0.29, 0.717) is 5.56 Å². The van der Waals surface area contributed by atoms with Crippen LogP contribution in [0.2, 0.25) is 0 Å². The van der Waals surface area contributed by atoms with E-state index in [4.69, 9.17) is 10.9 Å². The predicted molar refractivity (Wildman–Crippen MR) is 70.9 cm³/mol. The van der Waals surface area contributed by atoms with Crippen LogP contribution in [-0.4, -0.2) is 34.9 Å². The molecule has 0 aliphatic heterocycles. The Balaban J connectivity index is 2.96. The maximum Gasteiger partial charge on any atom is 0.254 e. The minimum absolute atomic E-state index is 0.00897. The number of carbonyl (C=O) groups is 1. The van der Waals surface area contributed by atoms with E-state index in [1.165, 1.54) is 4.90 Å². The molecule has 3 N–H and O–H groups in total. The van der Waals surface area contributed by atoms with Crippen LogP contribution in [0, 0.1) is 13.8 Å². The minimum Gasteiger partial charge on any atom is -0.409 e. The van der Waals surface area contributed by atoms with Crippen LogP contribution in [0.3, 0.4) is 0 Å². The quantitative estimate of drug-likeness (QED) is 0.369. The van der Waals surface area contributed by atoms with E-state index in [-0.39, 0.29) is 11.7 Å². The molecule has 0 spiro atoms. The topological polar surface area (TPSA) is 78.9 Å². The molecule has 1 rings (SSSR count). The highest BCUT2D eigenvalue weighted by atomic mass is 16.4. The molecule has 0 aliphatic carbocycles. The van der Waals surface area contributed by atoms with Crippen LogP contribution in [0.4, 0.5) is 0 Å². The third-order valence-corrected chi connectivity index (χ3v) is 3.20. The van der Waals surface area contributed by atoms with Gasteiger partial charge < -0.3 is 15.8 Å². The van der Waals surface area contributed by atoms with Gasteiger partial charge in [-0.15, -0.1) is 0 Å². The number of benzene rings is 1. The predicted octanol–water partition coefficient (Wildman–Crippen LogP) is 1.51. The second-order valence-electron chi connectivity index (χ2n) is 4.42. The molecule has 0 aliphatic rings. The van der Waals surface area contributed by atoms with Crippen molar-refractivity contribution in [1.82, 2.24) is 4.90 Å². The standard InChI is InChI=1S/C13H19N3O2/c1-8-5-6-11(7-9(8)2)13(17)16(4)10(3)12(14)15-18/h5-7,10,18H,1-4H3,(H2,14,15). The number of hydrogen-bond donors (Lipinski definition) is 2. The monoisotopic (exact) mass is 249 g/mol. The first-order valence-corrected chi connectivity index (χ1v) is 5.70. The fraction of sp³-hybridized carbons (Fsp3) is 0.385. The maximum absolute atomic E-state index is 12.2. The summed E-state index contributed by atoms with van der Waals surface area (Å²) in [5, 5.41) is 11.5. The van der Waals surface area contributed by atoms with E-state index < -0.39 is 6.04 Å². The van der Waals surface area contributed by atoms with Gasteiger partial charge in [-0.05, 0) is 44.0 Å². The van der Waals surface area contributed by atoms with E-state index in [2.05, 4.69) is 5.16 Å². The van der Waals surface area contributed by atoms with Gasteiger partial charge in [-0.2, -0.15) is 0 Å². The van der Waals surface area contributed by atoms with Crippen molar-refractivity contribution in [3.8, 4) is 0 Å². The number of likely N-dealkylation sites (N-methyl/N-ethyl adjacent to an activating group) is 1. The van der Waals surface area contributed by atoms with Gasteiger partial charge in [-0.3, -0.25) is 4.79 Å². The molecule has 0 bridgehead atoms. The molecule has 1 aromatic rings. The van der Waals surface area contributed by atoms with Crippen molar-refractivity contribution in [2.75, 3.05) is 7.05 Å². The lowest BCUT2D eigenvalue weighted by Gasteiger charge is -2.24. The van der Waals surface area contributed by atoms with Crippen molar-refractivity contribution in [1.29, 1.82) is 0 Å². The van der Waals surface area contributed by atoms with Crippen LogP contribution in [-0.2, 0) is 0 Å². The second-order valence-corrected chi connectivity index (χ2v) is 4.42. The number of carbonyl (C=O) groups excluding carboxylic acids is 1. The van der Waals surface area contributed by atoms with Crippen LogP contribution in [0.15, 0.2) is 23.4 Å². The van der Waals surface area contributed by atoms with Gasteiger partial charge in [-0.25, -0.2) is 0 Å². The molecule has 0 radical (unpaired) electrons. The highest BCUT2D eigenvalue weighted by Gasteiger charge is 2.20. The number of rotatable bonds is 3. The summed E-state index contributed by atoms with van der Waals surface area (Å²) in [5.74, 6) is -0.146. The fourth-order valence-electron chi connectivity index (χ4n) is 1.54. The van der Waals surface area contributed by atoms with Crippen LogP contribution < -0.4 is 5.73 Å². The van der Waals surface area contributed by atoms with E-state index in [1.807, 2.05) is 26.0 Å². The van der Waals surface area contributed by atoms with Gasteiger partial charge in [0, 0.05) is 12.6 Å². The summed E-state index contributed by atoms with van der Waals surface area (Å²) >= 11 is 0. The molecule has 0 aromatic heterocycles. The molecule has 0 saturated heterocycles. The highest BCUT2D eigenvalue weighted by Crippen LogP contribution is 2.12. The van der Waals surface area contributed by atoms with Crippen LogP contribution in [0.5, 0.6) is 0 Å². The Kier molecular flexibility index (Phi) is 4.31. The van der Waals surface area contributed by atoms with Gasteiger partial charge in [0.2, 0.25) is 0 Å². The first kappa shape index (κ1) is 14.0. The van der Waals surface area contributed by atoms with Crippen molar-refractivity contribution >= 4 is 11.7 Å². The van der Waals surface area contributed by atoms with Gasteiger partial charge in [0.25, 0.3) is 5.91 Å². The molecule has 18 heavy (non-hydrogen) atoms. The number of oxime groups is 1. The van der Waals surface area contributed by atoms with Crippen LogP contribution in [0.25, 0.3) is 0 Å². The summed E-state index contributed by atoms with van der Waals surface area (Å²) in [5.41, 5.74) is 8.29. The third kappa shape index (κ3) is 2.80. The summed E-state index contributed by atoms with van der Waals surface area (Å²) in [4.78, 5) is 13.6. The molecule has 5 nitrogen and oxygen atoms in total. The lowest BCUT2D eigenvalue weighted by atomic mass is 10.1. The molecule has 98 valence electrons. The molecule has 1 aromatic carbocycles. The first-order valence-electron chi connectivity index (χ1n) is 5.70. The first-order chi connectivity index (χ1) is 8.38. The number of hydrogen-bond acceptors (Lipinski definition) is 3. The molecule has 1 amide bonds. The molecule has 0 saturated carbocycles. The van der Waals surface area contributed by atoms with Crippen LogP contribution in [0.1, 0.15) is 28.4 Å². The fourth-order valence-corrected chi connectivity index (χ4v) is 1.54. The highest BCUT2D eigenvalue weighted by molar-refractivity contribution is 5.98. The lowest BCUT2D eigenvalue weighted by Crippen LogP contribution is -2.43. The Bertz CT molecular complexity index is 483. The molecule has 1 unspecified atom stereocenters. The zero-order valence-corrected chi connectivity index (χ0v) is 11.1. The van der Waals surface area contributed by atoms with Crippen LogP contribution >= 0.6 is 0 Å². The molecule has 0 fully saturated rings. The second kappa shape index (κ2) is 5.53. The number of amides is 1. The lowest BCUT2D eigenvalue weighted by molar-refractivity contribution is 0.0776. The average Bonchev–Trinajstić information content (AvgIpc) is 2.38. The van der Waals surface area contributed by atoms with E-state index in [1.54, 1.807) is 20.0 Å². The summed E-state index contributed by atoms with van der Waals surface area (Å²) in [7, 11) is 1.63. The Morgan fingerprint density at radius 2 is 2.00 bits per heavy atom. The number of aryl methyl sites for hydroxylation is 2. The smallest absolute Gasteiger partial charge is 0.254 e. The molecular weight excluding hydrogens is 230 g/mol. The van der Waals surface area contributed by atoms with Gasteiger partial charge in [0.15, 0.2) is 5.84 Å². The number of nitrogens with two attached hydrogens (primary N) is 1. The average molecular weight is 249 g/mol. The number of amidine groups is 1. The van der Waals surface area contributed by atoms with E-state index >= 15 is 0 Å². The van der Waals surface area contributed by atoms with Crippen molar-refractivity contribution in [3.63, 3.8) is 0 Å². The summed E-state index contributed by atoms with van der Waals surface area (Å²) < 4.78 is 0. The summed E-state index contributed by atoms with van der Waals surface area (Å²) in [6, 6.07) is 5.07. The minimum atomic E-state index is -0.455. The zero-order valence-electron chi connectivity index (χ0n) is 11.1. The molecule has 1 atom stereocenters. The Morgan fingerprint density at radius 1 is 1.39 bits per heavy atom.